The number of benzene rings is 2. The van der Waals surface area contributed by atoms with Crippen LogP contribution in [0.25, 0.3) is 22.1 Å². The van der Waals surface area contributed by atoms with E-state index >= 15 is 0 Å². The van der Waals surface area contributed by atoms with Crippen molar-refractivity contribution in [3.63, 3.8) is 0 Å². The molecule has 0 aliphatic rings. The van der Waals surface area contributed by atoms with Gasteiger partial charge in [0.15, 0.2) is 0 Å². The van der Waals surface area contributed by atoms with Gasteiger partial charge in [0.1, 0.15) is 17.6 Å². The van der Waals surface area contributed by atoms with Gasteiger partial charge in [-0.2, -0.15) is 0 Å². The van der Waals surface area contributed by atoms with E-state index in [-0.39, 0.29) is 24.6 Å². The second-order valence-electron chi connectivity index (χ2n) is 6.42. The highest BCUT2D eigenvalue weighted by molar-refractivity contribution is 6.01. The number of para-hydroxylation sites is 1. The van der Waals surface area contributed by atoms with Gasteiger partial charge >= 0.3 is 5.97 Å². The Bertz CT molecular complexity index is 1270. The zero-order chi connectivity index (χ0) is 20.4. The minimum absolute atomic E-state index is 0.125. The van der Waals surface area contributed by atoms with Crippen molar-refractivity contribution in [3.8, 4) is 0 Å². The SMILES string of the molecule is COC(=O)c1ccc(CNC(=O)Cn2cnc3c(oc4ccccc43)c2=O)cc1. The summed E-state index contributed by atoms with van der Waals surface area (Å²) >= 11 is 0. The van der Waals surface area contributed by atoms with Crippen LogP contribution in [0.4, 0.5) is 0 Å². The molecule has 0 aliphatic carbocycles. The summed E-state index contributed by atoms with van der Waals surface area (Å²) < 4.78 is 11.5. The number of esters is 1. The van der Waals surface area contributed by atoms with Gasteiger partial charge in [-0.1, -0.05) is 24.3 Å². The van der Waals surface area contributed by atoms with E-state index in [4.69, 9.17) is 4.42 Å². The van der Waals surface area contributed by atoms with Crippen LogP contribution in [0.1, 0.15) is 15.9 Å². The zero-order valence-electron chi connectivity index (χ0n) is 15.5. The van der Waals surface area contributed by atoms with Crippen molar-refractivity contribution < 1.29 is 18.7 Å². The largest absolute Gasteiger partial charge is 0.465 e. The van der Waals surface area contributed by atoms with Gasteiger partial charge < -0.3 is 14.5 Å². The molecule has 0 spiro atoms. The fourth-order valence-corrected chi connectivity index (χ4v) is 3.02. The normalized spacial score (nSPS) is 10.9. The molecule has 4 rings (SSSR count). The molecule has 0 fully saturated rings. The van der Waals surface area contributed by atoms with Crippen molar-refractivity contribution in [2.45, 2.75) is 13.1 Å². The molecule has 0 bridgehead atoms. The summed E-state index contributed by atoms with van der Waals surface area (Å²) in [7, 11) is 1.32. The molecule has 0 unspecified atom stereocenters. The quantitative estimate of drug-likeness (QED) is 0.524. The lowest BCUT2D eigenvalue weighted by Gasteiger charge is -2.07. The maximum atomic E-state index is 12.6. The number of carbonyl (C=O) groups excluding carboxylic acids is 2. The van der Waals surface area contributed by atoms with E-state index in [0.717, 1.165) is 10.9 Å². The summed E-state index contributed by atoms with van der Waals surface area (Å²) in [5.74, 6) is -0.769. The van der Waals surface area contributed by atoms with E-state index < -0.39 is 11.5 Å². The molecule has 0 radical (unpaired) electrons. The summed E-state index contributed by atoms with van der Waals surface area (Å²) in [6.07, 6.45) is 1.34. The predicted octanol–water partition coefficient (Wildman–Crippen LogP) is 2.25. The molecule has 0 saturated carbocycles. The zero-order valence-corrected chi connectivity index (χ0v) is 15.5. The first-order valence-electron chi connectivity index (χ1n) is 8.87. The first kappa shape index (κ1) is 18.4. The molecule has 8 nitrogen and oxygen atoms in total. The summed E-state index contributed by atoms with van der Waals surface area (Å²) in [6.45, 7) is 0.0778. The molecule has 2 aromatic carbocycles. The Morgan fingerprint density at radius 3 is 2.66 bits per heavy atom. The molecule has 8 heteroatoms. The van der Waals surface area contributed by atoms with Gasteiger partial charge in [0.25, 0.3) is 5.56 Å². The van der Waals surface area contributed by atoms with Crippen LogP contribution in [0.5, 0.6) is 0 Å². The van der Waals surface area contributed by atoms with Crippen molar-refractivity contribution in [1.29, 1.82) is 0 Å². The smallest absolute Gasteiger partial charge is 0.337 e. The van der Waals surface area contributed by atoms with E-state index in [1.807, 2.05) is 18.2 Å². The molecular formula is C21H17N3O5. The van der Waals surface area contributed by atoms with Crippen LogP contribution in [-0.4, -0.2) is 28.5 Å². The molecule has 4 aromatic rings. The lowest BCUT2D eigenvalue weighted by atomic mass is 10.1. The summed E-state index contributed by atoms with van der Waals surface area (Å²) in [6, 6.07) is 13.9. The Balaban J connectivity index is 1.46. The molecule has 29 heavy (non-hydrogen) atoms. The van der Waals surface area contributed by atoms with Gasteiger partial charge in [-0.25, -0.2) is 9.78 Å². The number of fused-ring (bicyclic) bond motifs is 3. The maximum Gasteiger partial charge on any atom is 0.337 e. The number of carbonyl (C=O) groups is 2. The number of amides is 1. The predicted molar refractivity (Wildman–Crippen MR) is 105 cm³/mol. The molecule has 0 saturated heterocycles. The van der Waals surface area contributed by atoms with Crippen molar-refractivity contribution in [3.05, 3.63) is 76.3 Å². The van der Waals surface area contributed by atoms with Gasteiger partial charge in [-0.05, 0) is 29.8 Å². The van der Waals surface area contributed by atoms with Crippen LogP contribution in [-0.2, 0) is 22.6 Å². The molecule has 2 aromatic heterocycles. The van der Waals surface area contributed by atoms with Crippen LogP contribution in [0.2, 0.25) is 0 Å². The molecular weight excluding hydrogens is 374 g/mol. The molecule has 1 amide bonds. The Labute approximate surface area is 164 Å². The van der Waals surface area contributed by atoms with E-state index in [1.54, 1.807) is 30.3 Å². The number of nitrogens with one attached hydrogen (secondary N) is 1. The molecule has 0 aliphatic heterocycles. The topological polar surface area (TPSA) is 103 Å². The molecule has 2 heterocycles. The van der Waals surface area contributed by atoms with Gasteiger partial charge in [-0.15, -0.1) is 0 Å². The minimum atomic E-state index is -0.423. The second kappa shape index (κ2) is 7.59. The molecule has 0 atom stereocenters. The molecule has 146 valence electrons. The fraction of sp³-hybridized carbons (Fsp3) is 0.143. The third kappa shape index (κ3) is 3.60. The van der Waals surface area contributed by atoms with Crippen LogP contribution in [0.3, 0.4) is 0 Å². The number of furan rings is 1. The Morgan fingerprint density at radius 1 is 1.14 bits per heavy atom. The lowest BCUT2D eigenvalue weighted by Crippen LogP contribution is -2.32. The van der Waals surface area contributed by atoms with Crippen molar-refractivity contribution >= 4 is 33.9 Å². The van der Waals surface area contributed by atoms with Crippen molar-refractivity contribution in [2.75, 3.05) is 7.11 Å². The van der Waals surface area contributed by atoms with E-state index in [9.17, 15) is 14.4 Å². The fourth-order valence-electron chi connectivity index (χ4n) is 3.02. The second-order valence-corrected chi connectivity index (χ2v) is 6.42. The number of rotatable bonds is 5. The van der Waals surface area contributed by atoms with Crippen LogP contribution in [0.15, 0.2) is 64.1 Å². The first-order chi connectivity index (χ1) is 14.1. The highest BCUT2D eigenvalue weighted by Crippen LogP contribution is 2.23. The first-order valence-corrected chi connectivity index (χ1v) is 8.87. The number of aromatic nitrogens is 2. The third-order valence-electron chi connectivity index (χ3n) is 4.53. The van der Waals surface area contributed by atoms with Crippen molar-refractivity contribution in [1.82, 2.24) is 14.9 Å². The average Bonchev–Trinajstić information content (AvgIpc) is 3.13. The number of hydrogen-bond acceptors (Lipinski definition) is 6. The maximum absolute atomic E-state index is 12.6. The number of hydrogen-bond donors (Lipinski definition) is 1. The third-order valence-corrected chi connectivity index (χ3v) is 4.53. The van der Waals surface area contributed by atoms with Crippen molar-refractivity contribution in [2.24, 2.45) is 0 Å². The van der Waals surface area contributed by atoms with Gasteiger partial charge in [-0.3, -0.25) is 14.2 Å². The lowest BCUT2D eigenvalue weighted by molar-refractivity contribution is -0.121. The van der Waals surface area contributed by atoms with Crippen LogP contribution >= 0.6 is 0 Å². The highest BCUT2D eigenvalue weighted by atomic mass is 16.5. The van der Waals surface area contributed by atoms with Crippen LogP contribution in [0, 0.1) is 0 Å². The minimum Gasteiger partial charge on any atom is -0.465 e. The van der Waals surface area contributed by atoms with E-state index in [1.165, 1.54) is 18.0 Å². The van der Waals surface area contributed by atoms with E-state index in [0.29, 0.717) is 16.7 Å². The van der Waals surface area contributed by atoms with Gasteiger partial charge in [0, 0.05) is 11.9 Å². The summed E-state index contributed by atoms with van der Waals surface area (Å²) in [5, 5.41) is 3.49. The van der Waals surface area contributed by atoms with E-state index in [2.05, 4.69) is 15.0 Å². The van der Waals surface area contributed by atoms with Crippen LogP contribution < -0.4 is 10.9 Å². The van der Waals surface area contributed by atoms with Gasteiger partial charge in [0.05, 0.1) is 19.0 Å². The Hall–Kier alpha value is -3.94. The highest BCUT2D eigenvalue weighted by Gasteiger charge is 2.14. The number of ether oxygens (including phenoxy) is 1. The summed E-state index contributed by atoms with van der Waals surface area (Å²) in [4.78, 5) is 40.6. The Kier molecular flexibility index (Phi) is 4.82. The number of nitrogens with zero attached hydrogens (tertiary/aromatic N) is 2. The standard InChI is InChI=1S/C21H17N3O5/c1-28-21(27)14-8-6-13(7-9-14)10-22-17(25)11-24-12-23-18-15-4-2-3-5-16(15)29-19(18)20(24)26/h2-9,12H,10-11H2,1H3,(H,22,25). The number of methoxy groups -OCH3 is 1. The Morgan fingerprint density at radius 2 is 1.90 bits per heavy atom. The monoisotopic (exact) mass is 391 g/mol. The summed E-state index contributed by atoms with van der Waals surface area (Å²) in [5.41, 5.74) is 2.00. The van der Waals surface area contributed by atoms with Gasteiger partial charge in [0.2, 0.25) is 11.5 Å². The average molecular weight is 391 g/mol. The molecule has 1 N–H and O–H groups in total.